The zero-order valence-corrected chi connectivity index (χ0v) is 13.8. The van der Waals surface area contributed by atoms with E-state index in [1.54, 1.807) is 9.91 Å². The number of hydrogen-bond acceptors (Lipinski definition) is 4. The van der Waals surface area contributed by atoms with Gasteiger partial charge in [-0.05, 0) is 31.0 Å². The Bertz CT molecular complexity index is 617. The van der Waals surface area contributed by atoms with Crippen LogP contribution >= 0.6 is 11.6 Å². The van der Waals surface area contributed by atoms with E-state index < -0.39 is 5.92 Å². The number of amides is 2. The van der Waals surface area contributed by atoms with Gasteiger partial charge in [0.05, 0.1) is 23.9 Å². The van der Waals surface area contributed by atoms with Gasteiger partial charge < -0.3 is 9.64 Å². The number of anilines is 1. The monoisotopic (exact) mass is 337 g/mol. The molecule has 1 aromatic carbocycles. The average molecular weight is 338 g/mol. The third-order valence-corrected chi connectivity index (χ3v) is 4.50. The zero-order chi connectivity index (χ0) is 16.4. The highest BCUT2D eigenvalue weighted by Gasteiger charge is 2.38. The fraction of sp³-hybridized carbons (Fsp3) is 0.500. The maximum absolute atomic E-state index is 12.6. The molecule has 2 aliphatic rings. The van der Waals surface area contributed by atoms with Gasteiger partial charge in [0.25, 0.3) is 0 Å². The number of nitrogens with zero attached hydrogens (tertiary/aromatic N) is 2. The van der Waals surface area contributed by atoms with E-state index in [0.29, 0.717) is 50.0 Å². The smallest absolute Gasteiger partial charge is 0.246 e. The Morgan fingerprint density at radius 3 is 2.74 bits per heavy atom. The maximum atomic E-state index is 12.6. The van der Waals surface area contributed by atoms with Crippen LogP contribution in [0.2, 0.25) is 5.02 Å². The van der Waals surface area contributed by atoms with E-state index in [1.165, 1.54) is 0 Å². The van der Waals surface area contributed by atoms with E-state index in [9.17, 15) is 9.59 Å². The van der Waals surface area contributed by atoms with Crippen molar-refractivity contribution in [2.24, 2.45) is 5.92 Å². The third kappa shape index (κ3) is 3.49. The quantitative estimate of drug-likeness (QED) is 0.846. The molecule has 2 heterocycles. The van der Waals surface area contributed by atoms with Gasteiger partial charge >= 0.3 is 0 Å². The van der Waals surface area contributed by atoms with Gasteiger partial charge in [-0.1, -0.05) is 17.7 Å². The minimum atomic E-state index is -0.657. The average Bonchev–Trinajstić information content (AvgIpc) is 2.90. The van der Waals surface area contributed by atoms with Crippen LogP contribution in [0.1, 0.15) is 12.0 Å². The molecule has 0 bridgehead atoms. The minimum absolute atomic E-state index is 0.193. The third-order valence-electron chi connectivity index (χ3n) is 4.20. The Kier molecular flexibility index (Phi) is 4.84. The molecule has 7 heteroatoms. The highest BCUT2D eigenvalue weighted by molar-refractivity contribution is 6.34. The molecule has 23 heavy (non-hydrogen) atoms. The van der Waals surface area contributed by atoms with E-state index in [4.69, 9.17) is 16.3 Å². The van der Waals surface area contributed by atoms with Crippen LogP contribution in [0.25, 0.3) is 0 Å². The van der Waals surface area contributed by atoms with E-state index in [1.807, 2.05) is 25.1 Å². The van der Waals surface area contributed by atoms with Crippen molar-refractivity contribution in [3.63, 3.8) is 0 Å². The largest absolute Gasteiger partial charge is 0.379 e. The molecule has 1 aromatic rings. The van der Waals surface area contributed by atoms with Crippen LogP contribution in [0, 0.1) is 12.8 Å². The lowest BCUT2D eigenvalue weighted by Gasteiger charge is -2.27. The van der Waals surface area contributed by atoms with Crippen LogP contribution in [-0.4, -0.2) is 49.7 Å². The van der Waals surface area contributed by atoms with Gasteiger partial charge in [-0.2, -0.15) is 0 Å². The summed E-state index contributed by atoms with van der Waals surface area (Å²) < 4.78 is 5.24. The van der Waals surface area contributed by atoms with Crippen molar-refractivity contribution in [1.82, 2.24) is 10.4 Å². The van der Waals surface area contributed by atoms with Crippen molar-refractivity contribution in [3.05, 3.63) is 28.8 Å². The molecule has 2 aliphatic heterocycles. The van der Waals surface area contributed by atoms with Crippen molar-refractivity contribution in [2.75, 3.05) is 37.7 Å². The summed E-state index contributed by atoms with van der Waals surface area (Å²) in [5.74, 6) is -1.10. The molecule has 0 spiro atoms. The molecule has 2 saturated heterocycles. The van der Waals surface area contributed by atoms with Crippen LogP contribution < -0.4 is 10.3 Å². The van der Waals surface area contributed by atoms with Gasteiger partial charge in [0.15, 0.2) is 0 Å². The molecule has 0 unspecified atom stereocenters. The van der Waals surface area contributed by atoms with E-state index >= 15 is 0 Å². The van der Waals surface area contributed by atoms with Crippen molar-refractivity contribution in [3.8, 4) is 0 Å². The van der Waals surface area contributed by atoms with Gasteiger partial charge in [0.2, 0.25) is 11.8 Å². The predicted octanol–water partition coefficient (Wildman–Crippen LogP) is 1.36. The summed E-state index contributed by atoms with van der Waals surface area (Å²) in [6, 6.07) is 5.57. The second kappa shape index (κ2) is 6.86. The van der Waals surface area contributed by atoms with Crippen LogP contribution in [0.15, 0.2) is 18.2 Å². The first kappa shape index (κ1) is 16.2. The maximum Gasteiger partial charge on any atom is 0.246 e. The normalized spacial score (nSPS) is 22.4. The summed E-state index contributed by atoms with van der Waals surface area (Å²) in [5, 5.41) is 2.34. The van der Waals surface area contributed by atoms with Crippen molar-refractivity contribution < 1.29 is 14.3 Å². The Hall–Kier alpha value is -1.63. The molecule has 0 aromatic heterocycles. The molecular weight excluding hydrogens is 318 g/mol. The fourth-order valence-corrected chi connectivity index (χ4v) is 3.24. The van der Waals surface area contributed by atoms with Crippen molar-refractivity contribution in [1.29, 1.82) is 0 Å². The van der Waals surface area contributed by atoms with Crippen LogP contribution in [0.5, 0.6) is 0 Å². The Labute approximate surface area is 140 Å². The molecule has 2 amide bonds. The van der Waals surface area contributed by atoms with Gasteiger partial charge in [-0.15, -0.1) is 0 Å². The fourth-order valence-electron chi connectivity index (χ4n) is 2.90. The number of morpholine rings is 1. The topological polar surface area (TPSA) is 61.9 Å². The molecule has 1 N–H and O–H groups in total. The molecular formula is C16H20ClN3O3. The lowest BCUT2D eigenvalue weighted by atomic mass is 10.1. The van der Waals surface area contributed by atoms with E-state index in [2.05, 4.69) is 5.43 Å². The van der Waals surface area contributed by atoms with Gasteiger partial charge in [-0.3, -0.25) is 15.0 Å². The van der Waals surface area contributed by atoms with Crippen molar-refractivity contribution in [2.45, 2.75) is 13.3 Å². The van der Waals surface area contributed by atoms with Gasteiger partial charge in [0, 0.05) is 19.6 Å². The molecule has 1 atom stereocenters. The first-order valence-electron chi connectivity index (χ1n) is 7.77. The number of aryl methyl sites for hydroxylation is 1. The molecule has 0 aliphatic carbocycles. The zero-order valence-electron chi connectivity index (χ0n) is 13.0. The molecule has 3 rings (SSSR count). The Morgan fingerprint density at radius 1 is 1.30 bits per heavy atom. The number of rotatable bonds is 3. The second-order valence-electron chi connectivity index (χ2n) is 5.86. The number of carbonyl (C=O) groups excluding carboxylic acids is 2. The molecule has 124 valence electrons. The second-order valence-corrected chi connectivity index (χ2v) is 6.27. The molecule has 0 radical (unpaired) electrons. The van der Waals surface area contributed by atoms with Crippen molar-refractivity contribution >= 4 is 29.1 Å². The van der Waals surface area contributed by atoms with Gasteiger partial charge in [-0.25, -0.2) is 5.01 Å². The SMILES string of the molecule is Cc1ccc(N2CC[C@@H](C(=O)NN3CCOCC3)C2=O)c(Cl)c1. The number of ether oxygens (including phenoxy) is 1. The standard InChI is InChI=1S/C16H20ClN3O3/c1-11-2-3-14(13(17)10-11)20-5-4-12(16(20)22)15(21)18-19-6-8-23-9-7-19/h2-3,10,12H,4-9H2,1H3,(H,18,21)/t12-/m0/s1. The number of hydrazine groups is 1. The van der Waals surface area contributed by atoms with E-state index in [-0.39, 0.29) is 11.8 Å². The number of hydrogen-bond donors (Lipinski definition) is 1. The summed E-state index contributed by atoms with van der Waals surface area (Å²) in [6.07, 6.45) is 0.499. The predicted molar refractivity (Wildman–Crippen MR) is 87.2 cm³/mol. The molecule has 6 nitrogen and oxygen atoms in total. The lowest BCUT2D eigenvalue weighted by Crippen LogP contribution is -2.51. The number of carbonyl (C=O) groups is 2. The Balaban J connectivity index is 1.67. The van der Waals surface area contributed by atoms with Crippen LogP contribution in [0.3, 0.4) is 0 Å². The summed E-state index contributed by atoms with van der Waals surface area (Å²) in [6.45, 7) is 4.90. The first-order chi connectivity index (χ1) is 11.1. The lowest BCUT2D eigenvalue weighted by molar-refractivity contribution is -0.137. The summed E-state index contributed by atoms with van der Waals surface area (Å²) in [4.78, 5) is 26.6. The summed E-state index contributed by atoms with van der Waals surface area (Å²) in [7, 11) is 0. The van der Waals surface area contributed by atoms with Crippen LogP contribution in [0.4, 0.5) is 5.69 Å². The highest BCUT2D eigenvalue weighted by Crippen LogP contribution is 2.32. The number of benzene rings is 1. The van der Waals surface area contributed by atoms with Crippen LogP contribution in [-0.2, 0) is 14.3 Å². The number of halogens is 1. The van der Waals surface area contributed by atoms with Gasteiger partial charge in [0.1, 0.15) is 5.92 Å². The highest BCUT2D eigenvalue weighted by atomic mass is 35.5. The minimum Gasteiger partial charge on any atom is -0.379 e. The van der Waals surface area contributed by atoms with E-state index in [0.717, 1.165) is 5.56 Å². The summed E-state index contributed by atoms with van der Waals surface area (Å²) >= 11 is 6.24. The first-order valence-corrected chi connectivity index (χ1v) is 8.15. The molecule has 2 fully saturated rings. The molecule has 0 saturated carbocycles. The number of nitrogens with one attached hydrogen (secondary N) is 1. The Morgan fingerprint density at radius 2 is 2.04 bits per heavy atom. The summed E-state index contributed by atoms with van der Waals surface area (Å²) in [5.41, 5.74) is 4.53.